The number of carbonyl (C=O) groups is 1. The predicted molar refractivity (Wildman–Crippen MR) is 93.2 cm³/mol. The van der Waals surface area contributed by atoms with E-state index in [9.17, 15) is 4.79 Å². The van der Waals surface area contributed by atoms with E-state index in [1.165, 1.54) is 11.1 Å². The highest BCUT2D eigenvalue weighted by Crippen LogP contribution is 2.35. The summed E-state index contributed by atoms with van der Waals surface area (Å²) < 4.78 is 1.78. The minimum atomic E-state index is 0.0590. The van der Waals surface area contributed by atoms with Crippen LogP contribution in [0.4, 0.5) is 0 Å². The molecule has 0 saturated heterocycles. The minimum Gasteiger partial charge on any atom is -0.335 e. The number of fused-ring (bicyclic) bond motifs is 1. The Bertz CT molecular complexity index is 853. The van der Waals surface area contributed by atoms with Crippen LogP contribution in [0.2, 0.25) is 0 Å². The molecule has 0 saturated carbocycles. The van der Waals surface area contributed by atoms with E-state index in [0.717, 1.165) is 18.5 Å². The van der Waals surface area contributed by atoms with Crippen molar-refractivity contribution in [1.82, 2.24) is 14.7 Å². The van der Waals surface area contributed by atoms with E-state index in [-0.39, 0.29) is 11.9 Å². The summed E-state index contributed by atoms with van der Waals surface area (Å²) >= 11 is 0. The first kappa shape index (κ1) is 14.7. The van der Waals surface area contributed by atoms with Crippen LogP contribution < -0.4 is 0 Å². The summed E-state index contributed by atoms with van der Waals surface area (Å²) in [6, 6.07) is 18.1. The lowest BCUT2D eigenvalue weighted by Gasteiger charge is -2.25. The molecule has 4 heteroatoms. The summed E-state index contributed by atoms with van der Waals surface area (Å²) in [5.41, 5.74) is 4.29. The summed E-state index contributed by atoms with van der Waals surface area (Å²) in [6.45, 7) is 0. The van der Waals surface area contributed by atoms with Gasteiger partial charge < -0.3 is 4.90 Å². The van der Waals surface area contributed by atoms with Crippen molar-refractivity contribution >= 4 is 5.91 Å². The molecule has 3 aromatic rings. The predicted octanol–water partition coefficient (Wildman–Crippen LogP) is 3.63. The maximum Gasteiger partial charge on any atom is 0.254 e. The lowest BCUT2D eigenvalue weighted by molar-refractivity contribution is 0.0730. The molecular formula is C20H19N3O. The number of amides is 1. The Balaban J connectivity index is 1.55. The van der Waals surface area contributed by atoms with Crippen molar-refractivity contribution in [3.05, 3.63) is 83.7 Å². The third kappa shape index (κ3) is 2.50. The first-order valence-electron chi connectivity index (χ1n) is 8.19. The topological polar surface area (TPSA) is 38.1 Å². The summed E-state index contributed by atoms with van der Waals surface area (Å²) in [5.74, 6) is 0.0590. The normalized spacial score (nSPS) is 16.0. The van der Waals surface area contributed by atoms with Crippen LogP contribution >= 0.6 is 0 Å². The van der Waals surface area contributed by atoms with Crippen LogP contribution in [0, 0.1) is 0 Å². The molecule has 1 aromatic heterocycles. The highest BCUT2D eigenvalue weighted by Gasteiger charge is 2.28. The molecule has 0 aliphatic heterocycles. The van der Waals surface area contributed by atoms with Gasteiger partial charge in [-0.3, -0.25) is 4.79 Å². The fraction of sp³-hybridized carbons (Fsp3) is 0.200. The molecule has 0 fully saturated rings. The monoisotopic (exact) mass is 317 g/mol. The lowest BCUT2D eigenvalue weighted by Crippen LogP contribution is -2.30. The zero-order valence-corrected chi connectivity index (χ0v) is 13.6. The first-order valence-corrected chi connectivity index (χ1v) is 8.19. The Labute approximate surface area is 141 Å². The molecule has 1 aliphatic carbocycles. The molecule has 1 heterocycles. The zero-order chi connectivity index (χ0) is 16.5. The molecule has 1 atom stereocenters. The van der Waals surface area contributed by atoms with E-state index in [1.807, 2.05) is 54.5 Å². The van der Waals surface area contributed by atoms with Gasteiger partial charge in [-0.2, -0.15) is 5.10 Å². The molecule has 24 heavy (non-hydrogen) atoms. The van der Waals surface area contributed by atoms with E-state index in [2.05, 4.69) is 23.3 Å². The van der Waals surface area contributed by atoms with E-state index < -0.39 is 0 Å². The quantitative estimate of drug-likeness (QED) is 0.740. The zero-order valence-electron chi connectivity index (χ0n) is 13.6. The highest BCUT2D eigenvalue weighted by molar-refractivity contribution is 5.94. The lowest BCUT2D eigenvalue weighted by atomic mass is 10.1. The Hall–Kier alpha value is -2.88. The summed E-state index contributed by atoms with van der Waals surface area (Å²) in [4.78, 5) is 14.7. The average Bonchev–Trinajstić information content (AvgIpc) is 3.30. The summed E-state index contributed by atoms with van der Waals surface area (Å²) in [6.07, 6.45) is 5.66. The van der Waals surface area contributed by atoms with Gasteiger partial charge in [0.1, 0.15) is 0 Å². The molecule has 4 nitrogen and oxygen atoms in total. The number of rotatable bonds is 3. The molecule has 2 aromatic carbocycles. The number of aromatic nitrogens is 2. The largest absolute Gasteiger partial charge is 0.335 e. The van der Waals surface area contributed by atoms with Crippen molar-refractivity contribution in [2.24, 2.45) is 0 Å². The van der Waals surface area contributed by atoms with Crippen molar-refractivity contribution < 1.29 is 4.79 Å². The Kier molecular flexibility index (Phi) is 3.65. The maximum absolute atomic E-state index is 12.8. The van der Waals surface area contributed by atoms with Gasteiger partial charge in [0.05, 0.1) is 11.7 Å². The van der Waals surface area contributed by atoms with Gasteiger partial charge in [-0.25, -0.2) is 4.68 Å². The summed E-state index contributed by atoms with van der Waals surface area (Å²) in [7, 11) is 1.90. The smallest absolute Gasteiger partial charge is 0.254 e. The number of benzene rings is 2. The van der Waals surface area contributed by atoms with Gasteiger partial charge >= 0.3 is 0 Å². The Morgan fingerprint density at radius 1 is 1.12 bits per heavy atom. The van der Waals surface area contributed by atoms with Gasteiger partial charge in [0.25, 0.3) is 5.91 Å². The van der Waals surface area contributed by atoms with Crippen molar-refractivity contribution in [1.29, 1.82) is 0 Å². The van der Waals surface area contributed by atoms with E-state index in [1.54, 1.807) is 10.9 Å². The molecular weight excluding hydrogens is 298 g/mol. The molecule has 120 valence electrons. The molecule has 0 spiro atoms. The summed E-state index contributed by atoms with van der Waals surface area (Å²) in [5, 5.41) is 4.21. The Morgan fingerprint density at radius 2 is 1.92 bits per heavy atom. The number of aryl methyl sites for hydroxylation is 1. The van der Waals surface area contributed by atoms with Gasteiger partial charge in [0.2, 0.25) is 0 Å². The molecule has 1 aliphatic rings. The number of hydrogen-bond acceptors (Lipinski definition) is 2. The SMILES string of the molecule is CN(C(=O)c1ccc(-n2cccn2)cc1)C1CCc2ccccc21. The number of nitrogens with zero attached hydrogens (tertiary/aromatic N) is 3. The maximum atomic E-state index is 12.8. The van der Waals surface area contributed by atoms with Gasteiger partial charge in [-0.1, -0.05) is 24.3 Å². The van der Waals surface area contributed by atoms with Crippen LogP contribution in [0.1, 0.15) is 33.9 Å². The molecule has 0 radical (unpaired) electrons. The van der Waals surface area contributed by atoms with Crippen molar-refractivity contribution in [3.63, 3.8) is 0 Å². The fourth-order valence-corrected chi connectivity index (χ4v) is 3.46. The number of hydrogen-bond donors (Lipinski definition) is 0. The van der Waals surface area contributed by atoms with Crippen LogP contribution in [0.3, 0.4) is 0 Å². The average molecular weight is 317 g/mol. The molecule has 0 bridgehead atoms. The van der Waals surface area contributed by atoms with Crippen LogP contribution in [-0.4, -0.2) is 27.6 Å². The molecule has 1 unspecified atom stereocenters. The van der Waals surface area contributed by atoms with Crippen LogP contribution in [-0.2, 0) is 6.42 Å². The van der Waals surface area contributed by atoms with Crippen LogP contribution in [0.25, 0.3) is 5.69 Å². The van der Waals surface area contributed by atoms with Gasteiger partial charge in [0.15, 0.2) is 0 Å². The molecule has 4 rings (SSSR count). The van der Waals surface area contributed by atoms with Gasteiger partial charge in [-0.05, 0) is 54.3 Å². The van der Waals surface area contributed by atoms with Crippen LogP contribution in [0.15, 0.2) is 67.0 Å². The first-order chi connectivity index (χ1) is 11.7. The van der Waals surface area contributed by atoms with Gasteiger partial charge in [-0.15, -0.1) is 0 Å². The second-order valence-corrected chi connectivity index (χ2v) is 6.17. The van der Waals surface area contributed by atoms with Crippen LogP contribution in [0.5, 0.6) is 0 Å². The van der Waals surface area contributed by atoms with Crippen molar-refractivity contribution in [3.8, 4) is 5.69 Å². The van der Waals surface area contributed by atoms with Crippen molar-refractivity contribution in [2.45, 2.75) is 18.9 Å². The molecule has 0 N–H and O–H groups in total. The van der Waals surface area contributed by atoms with E-state index >= 15 is 0 Å². The number of carbonyl (C=O) groups excluding carboxylic acids is 1. The van der Waals surface area contributed by atoms with Gasteiger partial charge in [0, 0.05) is 25.0 Å². The fourth-order valence-electron chi connectivity index (χ4n) is 3.46. The third-order valence-corrected chi connectivity index (χ3v) is 4.77. The minimum absolute atomic E-state index is 0.0590. The van der Waals surface area contributed by atoms with E-state index in [0.29, 0.717) is 5.56 Å². The Morgan fingerprint density at radius 3 is 2.67 bits per heavy atom. The third-order valence-electron chi connectivity index (χ3n) is 4.77. The second-order valence-electron chi connectivity index (χ2n) is 6.17. The van der Waals surface area contributed by atoms with Crippen molar-refractivity contribution in [2.75, 3.05) is 7.05 Å². The standard InChI is InChI=1S/C20H19N3O/c1-22(19-12-9-15-5-2-3-6-18(15)19)20(24)16-7-10-17(11-8-16)23-14-4-13-21-23/h2-8,10-11,13-14,19H,9,12H2,1H3. The van der Waals surface area contributed by atoms with E-state index in [4.69, 9.17) is 0 Å². The second kappa shape index (κ2) is 5.96. The molecule has 1 amide bonds. The highest BCUT2D eigenvalue weighted by atomic mass is 16.2.